The normalized spacial score (nSPS) is 20.9. The highest BCUT2D eigenvalue weighted by molar-refractivity contribution is 5.48. The fourth-order valence-electron chi connectivity index (χ4n) is 3.60. The molecule has 1 saturated carbocycles. The van der Waals surface area contributed by atoms with Crippen molar-refractivity contribution in [2.24, 2.45) is 5.41 Å². The van der Waals surface area contributed by atoms with Crippen molar-refractivity contribution < 1.29 is 0 Å². The largest absolute Gasteiger partial charge is 0.372 e. The minimum Gasteiger partial charge on any atom is -0.372 e. The zero-order chi connectivity index (χ0) is 13.8. The highest BCUT2D eigenvalue weighted by Gasteiger charge is 2.34. The summed E-state index contributed by atoms with van der Waals surface area (Å²) in [6.07, 6.45) is 8.30. The van der Waals surface area contributed by atoms with E-state index in [9.17, 15) is 0 Å². The molecule has 20 heavy (non-hydrogen) atoms. The Kier molecular flexibility index (Phi) is 4.30. The Morgan fingerprint density at radius 1 is 1.05 bits per heavy atom. The van der Waals surface area contributed by atoms with Gasteiger partial charge in [0.1, 0.15) is 0 Å². The smallest absolute Gasteiger partial charge is 0.0366 e. The summed E-state index contributed by atoms with van der Waals surface area (Å²) in [5.41, 5.74) is 3.43. The average Bonchev–Trinajstić information content (AvgIpc) is 2.97. The van der Waals surface area contributed by atoms with E-state index in [0.717, 1.165) is 6.54 Å². The van der Waals surface area contributed by atoms with Gasteiger partial charge in [0.15, 0.2) is 0 Å². The zero-order valence-corrected chi connectivity index (χ0v) is 12.8. The molecule has 0 radical (unpaired) electrons. The number of benzene rings is 1. The van der Waals surface area contributed by atoms with Gasteiger partial charge in [-0.05, 0) is 55.2 Å². The standard InChI is InChI=1S/C18H28N2/c1-2-18(10-5-11-18)15-19-14-16-6-8-17(9-7-16)20-12-3-4-13-20/h6-9,19H,2-5,10-15H2,1H3. The van der Waals surface area contributed by atoms with Crippen LogP contribution >= 0.6 is 0 Å². The van der Waals surface area contributed by atoms with Gasteiger partial charge in [0, 0.05) is 31.9 Å². The molecule has 2 aliphatic rings. The van der Waals surface area contributed by atoms with Gasteiger partial charge >= 0.3 is 0 Å². The fraction of sp³-hybridized carbons (Fsp3) is 0.667. The Labute approximate surface area is 123 Å². The van der Waals surface area contributed by atoms with Crippen molar-refractivity contribution >= 4 is 5.69 Å². The minimum atomic E-state index is 0.621. The lowest BCUT2D eigenvalue weighted by atomic mass is 9.67. The predicted molar refractivity (Wildman–Crippen MR) is 86.2 cm³/mol. The SMILES string of the molecule is CCC1(CNCc2ccc(N3CCCC3)cc2)CCC1. The minimum absolute atomic E-state index is 0.621. The van der Waals surface area contributed by atoms with Crippen LogP contribution in [0.1, 0.15) is 51.0 Å². The van der Waals surface area contributed by atoms with Crippen molar-refractivity contribution in [1.82, 2.24) is 5.32 Å². The highest BCUT2D eigenvalue weighted by atomic mass is 15.1. The van der Waals surface area contributed by atoms with E-state index in [4.69, 9.17) is 0 Å². The molecule has 1 N–H and O–H groups in total. The van der Waals surface area contributed by atoms with Crippen molar-refractivity contribution in [2.45, 2.75) is 52.0 Å². The van der Waals surface area contributed by atoms with Crippen LogP contribution in [0, 0.1) is 5.41 Å². The van der Waals surface area contributed by atoms with Crippen molar-refractivity contribution in [3.05, 3.63) is 29.8 Å². The van der Waals surface area contributed by atoms with E-state index < -0.39 is 0 Å². The lowest BCUT2D eigenvalue weighted by molar-refractivity contribution is 0.124. The second-order valence-corrected chi connectivity index (χ2v) is 6.67. The molecule has 2 nitrogen and oxygen atoms in total. The lowest BCUT2D eigenvalue weighted by Crippen LogP contribution is -2.39. The molecule has 1 heterocycles. The van der Waals surface area contributed by atoms with Crippen LogP contribution in [0.2, 0.25) is 0 Å². The molecule has 1 saturated heterocycles. The van der Waals surface area contributed by atoms with Gasteiger partial charge in [-0.25, -0.2) is 0 Å². The van der Waals surface area contributed by atoms with Crippen LogP contribution in [0.5, 0.6) is 0 Å². The molecule has 0 atom stereocenters. The van der Waals surface area contributed by atoms with E-state index in [-0.39, 0.29) is 0 Å². The molecular formula is C18H28N2. The molecule has 0 bridgehead atoms. The molecule has 0 unspecified atom stereocenters. The Balaban J connectivity index is 1.48. The molecule has 3 rings (SSSR count). The third-order valence-corrected chi connectivity index (χ3v) is 5.40. The summed E-state index contributed by atoms with van der Waals surface area (Å²) in [5, 5.41) is 3.67. The first-order chi connectivity index (χ1) is 9.81. The average molecular weight is 272 g/mol. The maximum atomic E-state index is 3.67. The molecule has 0 aromatic heterocycles. The van der Waals surface area contributed by atoms with E-state index in [1.807, 2.05) is 0 Å². The lowest BCUT2D eigenvalue weighted by Gasteiger charge is -2.41. The van der Waals surface area contributed by atoms with Crippen molar-refractivity contribution in [1.29, 1.82) is 0 Å². The Morgan fingerprint density at radius 2 is 1.75 bits per heavy atom. The molecule has 1 aromatic carbocycles. The maximum Gasteiger partial charge on any atom is 0.0366 e. The second-order valence-electron chi connectivity index (χ2n) is 6.67. The number of hydrogen-bond acceptors (Lipinski definition) is 2. The summed E-state index contributed by atoms with van der Waals surface area (Å²) in [6.45, 7) is 7.01. The predicted octanol–water partition coefficient (Wildman–Crippen LogP) is 3.96. The number of hydrogen-bond donors (Lipinski definition) is 1. The number of anilines is 1. The Hall–Kier alpha value is -1.02. The van der Waals surface area contributed by atoms with Gasteiger partial charge in [-0.1, -0.05) is 25.5 Å². The first-order valence-corrected chi connectivity index (χ1v) is 8.36. The van der Waals surface area contributed by atoms with Gasteiger partial charge in [0.25, 0.3) is 0 Å². The van der Waals surface area contributed by atoms with E-state index in [0.29, 0.717) is 5.41 Å². The number of nitrogens with zero attached hydrogens (tertiary/aromatic N) is 1. The van der Waals surface area contributed by atoms with E-state index in [1.165, 1.54) is 69.4 Å². The highest BCUT2D eigenvalue weighted by Crippen LogP contribution is 2.43. The van der Waals surface area contributed by atoms with E-state index in [2.05, 4.69) is 41.4 Å². The van der Waals surface area contributed by atoms with Crippen LogP contribution in [-0.2, 0) is 6.54 Å². The van der Waals surface area contributed by atoms with Crippen molar-refractivity contribution in [3.63, 3.8) is 0 Å². The molecular weight excluding hydrogens is 244 g/mol. The van der Waals surface area contributed by atoms with Crippen LogP contribution in [0.4, 0.5) is 5.69 Å². The second kappa shape index (κ2) is 6.17. The molecule has 110 valence electrons. The number of rotatable bonds is 6. The Morgan fingerprint density at radius 3 is 2.30 bits per heavy atom. The van der Waals surface area contributed by atoms with Gasteiger partial charge in [0.2, 0.25) is 0 Å². The van der Waals surface area contributed by atoms with Crippen molar-refractivity contribution in [3.8, 4) is 0 Å². The monoisotopic (exact) mass is 272 g/mol. The van der Waals surface area contributed by atoms with Crippen molar-refractivity contribution in [2.75, 3.05) is 24.5 Å². The summed E-state index contributed by atoms with van der Waals surface area (Å²) < 4.78 is 0. The Bertz CT molecular complexity index is 408. The first kappa shape index (κ1) is 13.9. The van der Waals surface area contributed by atoms with E-state index in [1.54, 1.807) is 0 Å². The molecule has 0 amide bonds. The summed E-state index contributed by atoms with van der Waals surface area (Å²) in [4.78, 5) is 2.50. The van der Waals surface area contributed by atoms with Crippen LogP contribution in [0.3, 0.4) is 0 Å². The summed E-state index contributed by atoms with van der Waals surface area (Å²) in [6, 6.07) is 9.17. The zero-order valence-electron chi connectivity index (χ0n) is 12.8. The topological polar surface area (TPSA) is 15.3 Å². The molecule has 0 spiro atoms. The van der Waals surface area contributed by atoms with Crippen LogP contribution in [-0.4, -0.2) is 19.6 Å². The molecule has 2 fully saturated rings. The summed E-state index contributed by atoms with van der Waals surface area (Å²) in [5.74, 6) is 0. The third-order valence-electron chi connectivity index (χ3n) is 5.40. The van der Waals surface area contributed by atoms with Gasteiger partial charge in [-0.3, -0.25) is 0 Å². The van der Waals surface area contributed by atoms with Gasteiger partial charge in [-0.2, -0.15) is 0 Å². The first-order valence-electron chi connectivity index (χ1n) is 8.36. The van der Waals surface area contributed by atoms with Crippen LogP contribution in [0.25, 0.3) is 0 Å². The molecule has 1 aromatic rings. The quantitative estimate of drug-likeness (QED) is 0.843. The number of nitrogens with one attached hydrogen (secondary N) is 1. The van der Waals surface area contributed by atoms with Gasteiger partial charge in [0.05, 0.1) is 0 Å². The van der Waals surface area contributed by atoms with Gasteiger partial charge in [-0.15, -0.1) is 0 Å². The molecule has 1 aliphatic carbocycles. The summed E-state index contributed by atoms with van der Waals surface area (Å²) >= 11 is 0. The van der Waals surface area contributed by atoms with Crippen LogP contribution < -0.4 is 10.2 Å². The van der Waals surface area contributed by atoms with E-state index >= 15 is 0 Å². The van der Waals surface area contributed by atoms with Crippen LogP contribution in [0.15, 0.2) is 24.3 Å². The fourth-order valence-corrected chi connectivity index (χ4v) is 3.60. The summed E-state index contributed by atoms with van der Waals surface area (Å²) in [7, 11) is 0. The molecule has 2 heteroatoms. The van der Waals surface area contributed by atoms with Gasteiger partial charge < -0.3 is 10.2 Å². The molecule has 1 aliphatic heterocycles. The maximum absolute atomic E-state index is 3.67. The third kappa shape index (κ3) is 3.01.